The molecule has 2 aliphatic carbocycles. The van der Waals surface area contributed by atoms with Gasteiger partial charge in [-0.3, -0.25) is 14.5 Å². The van der Waals surface area contributed by atoms with Crippen LogP contribution in [0.1, 0.15) is 51.4 Å². The number of fused-ring (bicyclic) bond motifs is 2. The first-order chi connectivity index (χ1) is 8.68. The predicted octanol–water partition coefficient (Wildman–Crippen LogP) is 1.43. The van der Waals surface area contributed by atoms with Crippen molar-refractivity contribution < 1.29 is 9.59 Å². The SMILES string of the molecule is NC1CCCCCC1N1C(=O)C2CCC(C2)C1=O. The van der Waals surface area contributed by atoms with Crippen molar-refractivity contribution in [1.82, 2.24) is 4.90 Å². The van der Waals surface area contributed by atoms with Gasteiger partial charge in [0.15, 0.2) is 0 Å². The van der Waals surface area contributed by atoms with Gasteiger partial charge in [-0.25, -0.2) is 0 Å². The lowest BCUT2D eigenvalue weighted by Gasteiger charge is -2.38. The van der Waals surface area contributed by atoms with Crippen LogP contribution >= 0.6 is 0 Å². The number of rotatable bonds is 1. The third kappa shape index (κ3) is 1.87. The number of piperidine rings is 1. The fraction of sp³-hybridized carbons (Fsp3) is 0.857. The third-order valence-electron chi connectivity index (χ3n) is 4.97. The predicted molar refractivity (Wildman–Crippen MR) is 67.5 cm³/mol. The molecule has 0 aromatic rings. The zero-order valence-corrected chi connectivity index (χ0v) is 10.8. The second-order valence-corrected chi connectivity index (χ2v) is 6.12. The van der Waals surface area contributed by atoms with E-state index in [4.69, 9.17) is 5.73 Å². The summed E-state index contributed by atoms with van der Waals surface area (Å²) in [6, 6.07) is -0.0474. The summed E-state index contributed by atoms with van der Waals surface area (Å²) in [7, 11) is 0. The molecule has 1 heterocycles. The van der Waals surface area contributed by atoms with Gasteiger partial charge in [0, 0.05) is 17.9 Å². The molecule has 100 valence electrons. The molecule has 3 fully saturated rings. The van der Waals surface area contributed by atoms with E-state index in [1.165, 1.54) is 6.42 Å². The van der Waals surface area contributed by atoms with Gasteiger partial charge >= 0.3 is 0 Å². The first kappa shape index (κ1) is 12.2. The van der Waals surface area contributed by atoms with Gasteiger partial charge < -0.3 is 5.73 Å². The lowest BCUT2D eigenvalue weighted by atomic mass is 9.92. The Bertz CT molecular complexity index is 347. The van der Waals surface area contributed by atoms with Crippen molar-refractivity contribution in [2.45, 2.75) is 63.5 Å². The Labute approximate surface area is 108 Å². The van der Waals surface area contributed by atoms with Crippen molar-refractivity contribution in [2.24, 2.45) is 17.6 Å². The molecule has 0 radical (unpaired) electrons. The maximum absolute atomic E-state index is 12.4. The quantitative estimate of drug-likeness (QED) is 0.565. The second kappa shape index (κ2) is 4.65. The van der Waals surface area contributed by atoms with E-state index in [1.54, 1.807) is 4.90 Å². The van der Waals surface area contributed by atoms with Crippen LogP contribution in [0.3, 0.4) is 0 Å². The molecular weight excluding hydrogens is 228 g/mol. The van der Waals surface area contributed by atoms with Gasteiger partial charge in [-0.1, -0.05) is 19.3 Å². The van der Waals surface area contributed by atoms with E-state index in [2.05, 4.69) is 0 Å². The Morgan fingerprint density at radius 1 is 0.889 bits per heavy atom. The summed E-state index contributed by atoms with van der Waals surface area (Å²) in [4.78, 5) is 26.4. The normalized spacial score (nSPS) is 41.1. The van der Waals surface area contributed by atoms with Crippen molar-refractivity contribution in [3.63, 3.8) is 0 Å². The molecule has 4 unspecified atom stereocenters. The van der Waals surface area contributed by atoms with Crippen LogP contribution in [-0.4, -0.2) is 28.8 Å². The Morgan fingerprint density at radius 3 is 2.17 bits per heavy atom. The van der Waals surface area contributed by atoms with Gasteiger partial charge in [0.2, 0.25) is 11.8 Å². The fourth-order valence-corrected chi connectivity index (χ4v) is 3.90. The van der Waals surface area contributed by atoms with Crippen LogP contribution in [0.2, 0.25) is 0 Å². The summed E-state index contributed by atoms with van der Waals surface area (Å²) in [6.07, 6.45) is 7.81. The number of nitrogens with two attached hydrogens (primary N) is 1. The second-order valence-electron chi connectivity index (χ2n) is 6.12. The van der Waals surface area contributed by atoms with Gasteiger partial charge in [-0.05, 0) is 32.1 Å². The van der Waals surface area contributed by atoms with Crippen molar-refractivity contribution in [1.29, 1.82) is 0 Å². The molecule has 2 saturated carbocycles. The fourth-order valence-electron chi connectivity index (χ4n) is 3.90. The van der Waals surface area contributed by atoms with Crippen LogP contribution in [0.15, 0.2) is 0 Å². The Morgan fingerprint density at radius 2 is 1.50 bits per heavy atom. The summed E-state index contributed by atoms with van der Waals surface area (Å²) in [5.41, 5.74) is 6.20. The van der Waals surface area contributed by atoms with Gasteiger partial charge in [0.25, 0.3) is 0 Å². The van der Waals surface area contributed by atoms with Crippen LogP contribution < -0.4 is 5.73 Å². The van der Waals surface area contributed by atoms with Crippen molar-refractivity contribution in [3.05, 3.63) is 0 Å². The number of nitrogens with zero attached hydrogens (tertiary/aromatic N) is 1. The minimum atomic E-state index is -0.0316. The molecule has 3 aliphatic rings. The van der Waals surface area contributed by atoms with Crippen LogP contribution in [0.4, 0.5) is 0 Å². The number of carbonyl (C=O) groups excluding carboxylic acids is 2. The van der Waals surface area contributed by atoms with Crippen molar-refractivity contribution >= 4 is 11.8 Å². The Balaban J connectivity index is 1.85. The van der Waals surface area contributed by atoms with E-state index in [1.807, 2.05) is 0 Å². The van der Waals surface area contributed by atoms with E-state index < -0.39 is 0 Å². The highest BCUT2D eigenvalue weighted by Gasteiger charge is 2.48. The van der Waals surface area contributed by atoms with Crippen molar-refractivity contribution in [2.75, 3.05) is 0 Å². The van der Waals surface area contributed by atoms with E-state index in [-0.39, 0.29) is 35.7 Å². The molecule has 4 atom stereocenters. The smallest absolute Gasteiger partial charge is 0.232 e. The summed E-state index contributed by atoms with van der Waals surface area (Å²) in [6.45, 7) is 0. The Hall–Kier alpha value is -0.900. The molecular formula is C14H22N2O2. The van der Waals surface area contributed by atoms with Crippen LogP contribution in [-0.2, 0) is 9.59 Å². The minimum Gasteiger partial charge on any atom is -0.326 e. The van der Waals surface area contributed by atoms with E-state index in [9.17, 15) is 9.59 Å². The first-order valence-corrected chi connectivity index (χ1v) is 7.31. The Kier molecular flexibility index (Phi) is 3.14. The topological polar surface area (TPSA) is 63.4 Å². The van der Waals surface area contributed by atoms with E-state index >= 15 is 0 Å². The van der Waals surface area contributed by atoms with E-state index in [0.29, 0.717) is 0 Å². The van der Waals surface area contributed by atoms with Gasteiger partial charge in [0.05, 0.1) is 6.04 Å². The van der Waals surface area contributed by atoms with Crippen LogP contribution in [0.25, 0.3) is 0 Å². The molecule has 0 spiro atoms. The van der Waals surface area contributed by atoms with Gasteiger partial charge in [-0.2, -0.15) is 0 Å². The molecule has 2 amide bonds. The van der Waals surface area contributed by atoms with Crippen LogP contribution in [0, 0.1) is 11.8 Å². The number of imide groups is 1. The molecule has 1 aliphatic heterocycles. The monoisotopic (exact) mass is 250 g/mol. The van der Waals surface area contributed by atoms with Crippen molar-refractivity contribution in [3.8, 4) is 0 Å². The summed E-state index contributed by atoms with van der Waals surface area (Å²) in [5, 5.41) is 0. The minimum absolute atomic E-state index is 0.0158. The summed E-state index contributed by atoms with van der Waals surface area (Å²) >= 11 is 0. The molecule has 0 aromatic heterocycles. The summed E-state index contributed by atoms with van der Waals surface area (Å²) < 4.78 is 0. The first-order valence-electron chi connectivity index (χ1n) is 7.31. The van der Waals surface area contributed by atoms with Gasteiger partial charge in [-0.15, -0.1) is 0 Å². The zero-order chi connectivity index (χ0) is 12.7. The van der Waals surface area contributed by atoms with E-state index in [0.717, 1.165) is 44.9 Å². The number of hydrogen-bond donors (Lipinski definition) is 1. The number of carbonyl (C=O) groups is 2. The van der Waals surface area contributed by atoms with Crippen LogP contribution in [0.5, 0.6) is 0 Å². The average molecular weight is 250 g/mol. The standard InChI is InChI=1S/C14H22N2O2/c15-11-4-2-1-3-5-12(11)16-13(17)9-6-7-10(8-9)14(16)18/h9-12H,1-8,15H2. The maximum Gasteiger partial charge on any atom is 0.232 e. The number of amides is 2. The third-order valence-corrected chi connectivity index (χ3v) is 4.97. The molecule has 0 aromatic carbocycles. The highest BCUT2D eigenvalue weighted by atomic mass is 16.2. The lowest BCUT2D eigenvalue weighted by molar-refractivity contribution is -0.156. The summed E-state index contributed by atoms with van der Waals surface area (Å²) in [5.74, 6) is 0.332. The maximum atomic E-state index is 12.4. The highest BCUT2D eigenvalue weighted by molar-refractivity contribution is 6.01. The molecule has 4 heteroatoms. The average Bonchev–Trinajstić information content (AvgIpc) is 2.71. The lowest BCUT2D eigenvalue weighted by Crippen LogP contribution is -2.57. The molecule has 3 rings (SSSR count). The molecule has 1 saturated heterocycles. The highest BCUT2D eigenvalue weighted by Crippen LogP contribution is 2.40. The molecule has 2 N–H and O–H groups in total. The molecule has 18 heavy (non-hydrogen) atoms. The molecule has 4 nitrogen and oxygen atoms in total. The number of hydrogen-bond acceptors (Lipinski definition) is 3. The largest absolute Gasteiger partial charge is 0.326 e. The molecule has 2 bridgehead atoms. The van der Waals surface area contributed by atoms with Gasteiger partial charge in [0.1, 0.15) is 0 Å². The zero-order valence-electron chi connectivity index (χ0n) is 10.8. The number of likely N-dealkylation sites (tertiary alicyclic amines) is 1.